The number of hydrogen-bond donors (Lipinski definition) is 0. The van der Waals surface area contributed by atoms with E-state index in [0.717, 1.165) is 11.3 Å². The van der Waals surface area contributed by atoms with Crippen LogP contribution in [0.1, 0.15) is 27.2 Å². The van der Waals surface area contributed by atoms with E-state index in [1.807, 2.05) is 38.1 Å². The molecule has 2 rings (SSSR count). The molecule has 0 aliphatic rings. The Balaban J connectivity index is 2.19. The lowest BCUT2D eigenvalue weighted by Crippen LogP contribution is -2.27. The summed E-state index contributed by atoms with van der Waals surface area (Å²) in [6.45, 7) is 4.43. The second-order valence-electron chi connectivity index (χ2n) is 4.89. The maximum Gasteiger partial charge on any atom is 0.256 e. The molecule has 0 saturated heterocycles. The summed E-state index contributed by atoms with van der Waals surface area (Å²) in [5, 5.41) is 0.444. The second kappa shape index (κ2) is 6.06. The third-order valence-corrected chi connectivity index (χ3v) is 3.55. The first kappa shape index (κ1) is 14.5. The molecule has 0 fully saturated rings. The maximum atomic E-state index is 12.4. The number of hydrogen-bond acceptors (Lipinski definition) is 2. The number of carbonyl (C=O) groups excluding carboxylic acids is 1. The van der Waals surface area contributed by atoms with Crippen molar-refractivity contribution in [2.24, 2.45) is 0 Å². The van der Waals surface area contributed by atoms with E-state index in [0.29, 0.717) is 17.1 Å². The molecule has 1 aromatic carbocycles. The highest BCUT2D eigenvalue weighted by atomic mass is 35.5. The van der Waals surface area contributed by atoms with Crippen LogP contribution in [0.15, 0.2) is 36.5 Å². The minimum Gasteiger partial charge on any atom is -0.337 e. The molecular weight excluding hydrogens is 272 g/mol. The van der Waals surface area contributed by atoms with E-state index in [-0.39, 0.29) is 5.91 Å². The minimum absolute atomic E-state index is 0.120. The molecule has 0 unspecified atom stereocenters. The molecule has 0 spiro atoms. The second-order valence-corrected chi connectivity index (χ2v) is 5.30. The van der Waals surface area contributed by atoms with Gasteiger partial charge in [-0.05, 0) is 31.0 Å². The molecule has 0 N–H and O–H groups in total. The molecule has 1 amide bonds. The van der Waals surface area contributed by atoms with Crippen LogP contribution in [-0.4, -0.2) is 22.8 Å². The van der Waals surface area contributed by atoms with Crippen molar-refractivity contribution in [3.05, 3.63) is 63.9 Å². The smallest absolute Gasteiger partial charge is 0.256 e. The van der Waals surface area contributed by atoms with E-state index in [9.17, 15) is 4.79 Å². The predicted molar refractivity (Wildman–Crippen MR) is 81.0 cm³/mol. The third kappa shape index (κ3) is 3.17. The fourth-order valence-electron chi connectivity index (χ4n) is 2.00. The lowest BCUT2D eigenvalue weighted by Gasteiger charge is -2.19. The summed E-state index contributed by atoms with van der Waals surface area (Å²) in [6, 6.07) is 9.72. The van der Waals surface area contributed by atoms with Crippen LogP contribution < -0.4 is 0 Å². The fraction of sp³-hybridized carbons (Fsp3) is 0.250. The Hall–Kier alpha value is -1.87. The van der Waals surface area contributed by atoms with Crippen LogP contribution in [0.2, 0.25) is 5.02 Å². The van der Waals surface area contributed by atoms with Gasteiger partial charge in [0.1, 0.15) is 0 Å². The van der Waals surface area contributed by atoms with Gasteiger partial charge >= 0.3 is 0 Å². The Labute approximate surface area is 124 Å². The summed E-state index contributed by atoms with van der Waals surface area (Å²) in [7, 11) is 1.77. The van der Waals surface area contributed by atoms with Gasteiger partial charge in [-0.15, -0.1) is 0 Å². The van der Waals surface area contributed by atoms with Crippen LogP contribution in [0.5, 0.6) is 0 Å². The van der Waals surface area contributed by atoms with Gasteiger partial charge in [-0.1, -0.05) is 35.9 Å². The maximum absolute atomic E-state index is 12.4. The largest absolute Gasteiger partial charge is 0.337 e. The lowest BCUT2D eigenvalue weighted by atomic mass is 10.1. The molecule has 0 saturated carbocycles. The number of pyridine rings is 1. The van der Waals surface area contributed by atoms with Crippen molar-refractivity contribution in [3.8, 4) is 0 Å². The van der Waals surface area contributed by atoms with Crippen LogP contribution in [-0.2, 0) is 6.54 Å². The summed E-state index contributed by atoms with van der Waals surface area (Å²) in [5.41, 5.74) is 3.53. The van der Waals surface area contributed by atoms with Gasteiger partial charge in [0.15, 0.2) is 0 Å². The van der Waals surface area contributed by atoms with Crippen LogP contribution in [0.25, 0.3) is 0 Å². The number of aromatic nitrogens is 1. The van der Waals surface area contributed by atoms with Gasteiger partial charge in [-0.3, -0.25) is 9.78 Å². The zero-order valence-corrected chi connectivity index (χ0v) is 12.6. The molecule has 20 heavy (non-hydrogen) atoms. The Bertz CT molecular complexity index is 640. The summed E-state index contributed by atoms with van der Waals surface area (Å²) in [6.07, 6.45) is 1.54. The molecule has 0 bridgehead atoms. The molecule has 1 aromatic heterocycles. The number of halogens is 1. The average Bonchev–Trinajstić information content (AvgIpc) is 2.40. The summed E-state index contributed by atoms with van der Waals surface area (Å²) in [5.74, 6) is -0.120. The first-order valence-corrected chi connectivity index (χ1v) is 6.79. The number of aryl methyl sites for hydroxylation is 2. The quantitative estimate of drug-likeness (QED) is 0.864. The number of amides is 1. The molecule has 0 atom stereocenters. The molecule has 0 radical (unpaired) electrons. The molecular formula is C16H17ClN2O. The van der Waals surface area contributed by atoms with Crippen LogP contribution >= 0.6 is 11.6 Å². The predicted octanol–water partition coefficient (Wildman–Crippen LogP) is 3.62. The zero-order chi connectivity index (χ0) is 14.7. The highest BCUT2D eigenvalue weighted by molar-refractivity contribution is 6.33. The number of rotatable bonds is 3. The Morgan fingerprint density at radius 2 is 2.00 bits per heavy atom. The van der Waals surface area contributed by atoms with Gasteiger partial charge in [0.05, 0.1) is 10.6 Å². The first-order valence-electron chi connectivity index (χ1n) is 6.41. The van der Waals surface area contributed by atoms with Crippen molar-refractivity contribution in [1.29, 1.82) is 0 Å². The standard InChI is InChI=1S/C16H17ClN2O/c1-11-6-4-5-7-13(11)10-19(3)16(20)14-9-18-12(2)8-15(14)17/h4-9H,10H2,1-3H3. The van der Waals surface area contributed by atoms with Gasteiger partial charge in [-0.25, -0.2) is 0 Å². The van der Waals surface area contributed by atoms with Crippen molar-refractivity contribution in [1.82, 2.24) is 9.88 Å². The Kier molecular flexibility index (Phi) is 4.40. The summed E-state index contributed by atoms with van der Waals surface area (Å²) < 4.78 is 0. The van der Waals surface area contributed by atoms with E-state index >= 15 is 0 Å². The minimum atomic E-state index is -0.120. The van der Waals surface area contributed by atoms with Crippen LogP contribution in [0.3, 0.4) is 0 Å². The van der Waals surface area contributed by atoms with E-state index in [1.54, 1.807) is 18.0 Å². The van der Waals surface area contributed by atoms with Crippen molar-refractivity contribution in [2.45, 2.75) is 20.4 Å². The van der Waals surface area contributed by atoms with E-state index in [1.165, 1.54) is 11.8 Å². The fourth-order valence-corrected chi connectivity index (χ4v) is 2.29. The zero-order valence-electron chi connectivity index (χ0n) is 11.9. The molecule has 1 heterocycles. The van der Waals surface area contributed by atoms with Gasteiger partial charge in [0.2, 0.25) is 0 Å². The number of nitrogens with zero attached hydrogens (tertiary/aromatic N) is 2. The molecule has 0 aliphatic carbocycles. The number of benzene rings is 1. The van der Waals surface area contributed by atoms with Crippen LogP contribution in [0, 0.1) is 13.8 Å². The molecule has 4 heteroatoms. The van der Waals surface area contributed by atoms with Gasteiger partial charge in [0, 0.05) is 25.5 Å². The molecule has 104 valence electrons. The van der Waals surface area contributed by atoms with E-state index in [4.69, 9.17) is 11.6 Å². The Morgan fingerprint density at radius 1 is 1.30 bits per heavy atom. The SMILES string of the molecule is Cc1cc(Cl)c(C(=O)N(C)Cc2ccccc2C)cn1. The van der Waals surface area contributed by atoms with Crippen molar-refractivity contribution < 1.29 is 4.79 Å². The lowest BCUT2D eigenvalue weighted by molar-refractivity contribution is 0.0784. The van der Waals surface area contributed by atoms with Crippen molar-refractivity contribution in [2.75, 3.05) is 7.05 Å². The highest BCUT2D eigenvalue weighted by Crippen LogP contribution is 2.18. The van der Waals surface area contributed by atoms with Crippen LogP contribution in [0.4, 0.5) is 0 Å². The summed E-state index contributed by atoms with van der Waals surface area (Å²) in [4.78, 5) is 18.2. The van der Waals surface area contributed by atoms with Gasteiger partial charge in [0.25, 0.3) is 5.91 Å². The van der Waals surface area contributed by atoms with Gasteiger partial charge in [-0.2, -0.15) is 0 Å². The Morgan fingerprint density at radius 3 is 2.65 bits per heavy atom. The molecule has 2 aromatic rings. The molecule has 3 nitrogen and oxygen atoms in total. The normalized spacial score (nSPS) is 10.4. The van der Waals surface area contributed by atoms with Gasteiger partial charge < -0.3 is 4.90 Å². The summed E-state index contributed by atoms with van der Waals surface area (Å²) >= 11 is 6.12. The van der Waals surface area contributed by atoms with E-state index in [2.05, 4.69) is 4.98 Å². The highest BCUT2D eigenvalue weighted by Gasteiger charge is 2.16. The monoisotopic (exact) mass is 288 g/mol. The first-order chi connectivity index (χ1) is 9.49. The van der Waals surface area contributed by atoms with Crippen molar-refractivity contribution in [3.63, 3.8) is 0 Å². The average molecular weight is 289 g/mol. The molecule has 0 aliphatic heterocycles. The number of carbonyl (C=O) groups is 1. The topological polar surface area (TPSA) is 33.2 Å². The van der Waals surface area contributed by atoms with E-state index < -0.39 is 0 Å². The third-order valence-electron chi connectivity index (χ3n) is 3.24. The van der Waals surface area contributed by atoms with Crippen molar-refractivity contribution >= 4 is 17.5 Å².